The minimum Gasteiger partial charge on any atom is -0.505 e. The zero-order chi connectivity index (χ0) is 46.2. The zero-order valence-electron chi connectivity index (χ0n) is 39.7. The maximum absolute atomic E-state index is 10.8. The Labute approximate surface area is 372 Å². The van der Waals surface area contributed by atoms with Gasteiger partial charge in [-0.15, -0.1) is 28.1 Å². The summed E-state index contributed by atoms with van der Waals surface area (Å²) in [5.74, 6) is 0.465. The van der Waals surface area contributed by atoms with Crippen LogP contribution < -0.4 is 0 Å². The van der Waals surface area contributed by atoms with Gasteiger partial charge in [-0.05, 0) is 95.5 Å². The van der Waals surface area contributed by atoms with Gasteiger partial charge in [0.2, 0.25) is 0 Å². The Hall–Kier alpha value is -6.29. The van der Waals surface area contributed by atoms with Crippen LogP contribution in [0.25, 0.3) is 33.4 Å². The van der Waals surface area contributed by atoms with E-state index >= 15 is 0 Å². The molecule has 5 aromatic carbocycles. The highest BCUT2D eigenvalue weighted by Crippen LogP contribution is 2.40. The number of benzene rings is 5. The molecule has 63 heavy (non-hydrogen) atoms. The molecule has 0 unspecified atom stereocenters. The number of nitrogens with zero attached hydrogens (tertiary/aromatic N) is 6. The van der Waals surface area contributed by atoms with Crippen molar-refractivity contribution >= 4 is 28.0 Å². The van der Waals surface area contributed by atoms with Crippen LogP contribution in [0.3, 0.4) is 0 Å². The van der Waals surface area contributed by atoms with Gasteiger partial charge >= 0.3 is 5.97 Å². The summed E-state index contributed by atoms with van der Waals surface area (Å²) in [5, 5.41) is 21.6. The van der Waals surface area contributed by atoms with Crippen LogP contribution in [0, 0.1) is 0 Å². The first-order valence-corrected chi connectivity index (χ1v) is 22.2. The first-order valence-electron chi connectivity index (χ1n) is 22.2. The second-order valence-corrected chi connectivity index (χ2v) is 19.5. The minimum atomic E-state index is -0.295. The summed E-state index contributed by atoms with van der Waals surface area (Å²) >= 11 is 0. The quantitative estimate of drug-likeness (QED) is 0.123. The van der Waals surface area contributed by atoms with E-state index in [2.05, 4.69) is 180 Å². The summed E-state index contributed by atoms with van der Waals surface area (Å²) in [5.41, 5.74) is 12.9. The molecular weight excluding hydrogens is 785 g/mol. The lowest BCUT2D eigenvalue weighted by molar-refractivity contribution is -0.138. The van der Waals surface area contributed by atoms with Crippen LogP contribution in [0.1, 0.15) is 124 Å². The molecule has 4 aromatic heterocycles. The number of phenolic OH excluding ortho intramolecular Hbond substituents is 2. The van der Waals surface area contributed by atoms with Crippen LogP contribution in [-0.2, 0) is 38.6 Å². The molecule has 0 radical (unpaired) electrons. The Bertz CT molecular complexity index is 2680. The third kappa shape index (κ3) is 9.55. The van der Waals surface area contributed by atoms with Gasteiger partial charge in [0.1, 0.15) is 44.9 Å². The van der Waals surface area contributed by atoms with Crippen LogP contribution in [0.2, 0.25) is 0 Å². The van der Waals surface area contributed by atoms with Crippen LogP contribution in [0.15, 0.2) is 115 Å². The summed E-state index contributed by atoms with van der Waals surface area (Å²) in [6.07, 6.45) is 2.77. The number of aromatic nitrogens is 6. The molecule has 0 saturated heterocycles. The van der Waals surface area contributed by atoms with Crippen molar-refractivity contribution in [3.8, 4) is 22.9 Å². The minimum absolute atomic E-state index is 0.0867. The highest BCUT2D eigenvalue weighted by atomic mass is 16.5. The largest absolute Gasteiger partial charge is 0.505 e. The van der Waals surface area contributed by atoms with Gasteiger partial charge in [0, 0.05) is 16.7 Å². The molecule has 0 atom stereocenters. The second-order valence-electron chi connectivity index (χ2n) is 19.5. The fraction of sp³-hybridized carbons (Fsp3) is 0.377. The summed E-state index contributed by atoms with van der Waals surface area (Å²) in [7, 11) is 0. The number of fused-ring (bicyclic) bond motifs is 8. The molecular formula is C53H68N6O4. The predicted octanol–water partition coefficient (Wildman–Crippen LogP) is 12.5. The van der Waals surface area contributed by atoms with E-state index in [1.54, 1.807) is 6.92 Å². The third-order valence-corrected chi connectivity index (χ3v) is 11.2. The van der Waals surface area contributed by atoms with Crippen molar-refractivity contribution < 1.29 is 19.7 Å². The smallest absolute Gasteiger partial charge is 0.333 e. The van der Waals surface area contributed by atoms with Gasteiger partial charge < -0.3 is 14.9 Å². The van der Waals surface area contributed by atoms with Crippen LogP contribution >= 0.6 is 0 Å². The van der Waals surface area contributed by atoms with Gasteiger partial charge in [-0.1, -0.05) is 156 Å². The summed E-state index contributed by atoms with van der Waals surface area (Å²) < 4.78 is 13.0. The van der Waals surface area contributed by atoms with Gasteiger partial charge in [0.15, 0.2) is 0 Å². The number of aryl methyl sites for hydroxylation is 2. The molecule has 334 valence electrons. The van der Waals surface area contributed by atoms with Gasteiger partial charge in [-0.3, -0.25) is 0 Å². The zero-order valence-corrected chi connectivity index (χ0v) is 39.7. The molecule has 0 aliphatic carbocycles. The van der Waals surface area contributed by atoms with E-state index in [1.807, 2.05) is 40.8 Å². The van der Waals surface area contributed by atoms with Crippen LogP contribution in [0.4, 0.5) is 0 Å². The molecule has 0 amide bonds. The fourth-order valence-electron chi connectivity index (χ4n) is 7.46. The van der Waals surface area contributed by atoms with Crippen LogP contribution in [0.5, 0.6) is 11.5 Å². The number of carbonyl (C=O) groups excluding carboxylic acids is 1. The van der Waals surface area contributed by atoms with Crippen molar-refractivity contribution in [1.29, 1.82) is 0 Å². The Morgan fingerprint density at radius 2 is 0.905 bits per heavy atom. The first-order chi connectivity index (χ1) is 29.6. The number of aromatic hydroxyl groups is 2. The lowest BCUT2D eigenvalue weighted by Crippen LogP contribution is -2.13. The SMILES string of the molecule is C=C(C)C(=O)OCCC.CC(C)(C)c1ccccc1.CCc1cc(-n2n3c4ccccc4n23)c(O)c(C(C)(C)C)c1.CCc1cc(-n2n3c4ccccc4n23)c(O)c(C(C)(C)C)c1. The van der Waals surface area contributed by atoms with Crippen molar-refractivity contribution in [1.82, 2.24) is 28.1 Å². The van der Waals surface area contributed by atoms with Crippen LogP contribution in [-0.4, -0.2) is 50.9 Å². The van der Waals surface area contributed by atoms with Crippen molar-refractivity contribution in [2.75, 3.05) is 6.61 Å². The standard InChI is InChI=1S/2C18H21N3O.C10H14.C7H12O2/c2*1-5-12-10-13(18(2,3)4)17(22)16(11-12)21-19-14-8-6-7-9-15(14)20(19)21;1-10(2,3)9-7-5-4-6-8-9;1-4-5-9-7(8)6(2)3/h2*6-11,22H,5H2,1-4H3;4-8H,1-3H3;2,4-5H2,1,3H3. The molecule has 0 aliphatic rings. The summed E-state index contributed by atoms with van der Waals surface area (Å²) in [4.78, 5) is 14.7. The van der Waals surface area contributed by atoms with E-state index < -0.39 is 0 Å². The first kappa shape index (κ1) is 46.2. The summed E-state index contributed by atoms with van der Waals surface area (Å²) in [6.45, 7) is 31.3. The van der Waals surface area contributed by atoms with Gasteiger partial charge in [0.05, 0.1) is 6.61 Å². The number of para-hydroxylation sites is 4. The van der Waals surface area contributed by atoms with E-state index in [4.69, 9.17) is 4.74 Å². The Morgan fingerprint density at radius 3 is 1.17 bits per heavy atom. The number of phenols is 2. The van der Waals surface area contributed by atoms with Crippen molar-refractivity contribution in [2.45, 2.75) is 126 Å². The molecule has 9 rings (SSSR count). The van der Waals surface area contributed by atoms with E-state index in [1.165, 1.54) is 38.8 Å². The Kier molecular flexibility index (Phi) is 13.1. The van der Waals surface area contributed by atoms with E-state index in [9.17, 15) is 15.0 Å². The predicted molar refractivity (Wildman–Crippen MR) is 258 cm³/mol. The molecule has 4 heterocycles. The highest BCUT2D eigenvalue weighted by Gasteiger charge is 2.30. The maximum Gasteiger partial charge on any atom is 0.333 e. The van der Waals surface area contributed by atoms with E-state index in [-0.39, 0.29) is 16.8 Å². The molecule has 0 fully saturated rings. The molecule has 10 nitrogen and oxygen atoms in total. The monoisotopic (exact) mass is 853 g/mol. The average molecular weight is 853 g/mol. The highest BCUT2D eigenvalue weighted by molar-refractivity contribution is 5.87. The van der Waals surface area contributed by atoms with Gasteiger partial charge in [-0.2, -0.15) is 0 Å². The topological polar surface area (TPSA) is 94.3 Å². The number of hydrogen-bond donors (Lipinski definition) is 2. The molecule has 0 aliphatic heterocycles. The van der Waals surface area contributed by atoms with Gasteiger partial charge in [0.25, 0.3) is 0 Å². The molecule has 0 bridgehead atoms. The van der Waals surface area contributed by atoms with Crippen molar-refractivity contribution in [3.63, 3.8) is 0 Å². The maximum atomic E-state index is 10.8. The lowest BCUT2D eigenvalue weighted by atomic mass is 9.84. The number of carbonyl (C=O) groups is 1. The molecule has 10 heteroatoms. The van der Waals surface area contributed by atoms with Gasteiger partial charge in [-0.25, -0.2) is 4.79 Å². The summed E-state index contributed by atoms with van der Waals surface area (Å²) in [6, 6.07) is 35.5. The van der Waals surface area contributed by atoms with E-state index in [0.29, 0.717) is 29.1 Å². The molecule has 2 N–H and O–H groups in total. The van der Waals surface area contributed by atoms with E-state index in [0.717, 1.165) is 41.8 Å². The number of rotatable bonds is 7. The third-order valence-electron chi connectivity index (χ3n) is 11.2. The lowest BCUT2D eigenvalue weighted by Gasteiger charge is -2.22. The van der Waals surface area contributed by atoms with Crippen molar-refractivity contribution in [2.24, 2.45) is 0 Å². The average Bonchev–Trinajstić information content (AvgIpc) is 4.11. The fourth-order valence-corrected chi connectivity index (χ4v) is 7.46. The number of hydrogen-bond acceptors (Lipinski definition) is 4. The Morgan fingerprint density at radius 1 is 0.556 bits per heavy atom. The Balaban J connectivity index is 0.000000151. The number of esters is 1. The van der Waals surface area contributed by atoms with Crippen molar-refractivity contribution in [3.05, 3.63) is 143 Å². The molecule has 0 spiro atoms. The second kappa shape index (κ2) is 17.8. The molecule has 0 saturated carbocycles. The molecule has 9 aromatic rings. The number of ether oxygens (including phenoxy) is 1. The normalized spacial score (nSPS) is 12.1.